The molecule has 0 bridgehead atoms. The first-order valence-corrected chi connectivity index (χ1v) is 4.54. The quantitative estimate of drug-likeness (QED) is 0.725. The van der Waals surface area contributed by atoms with Gasteiger partial charge in [-0.1, -0.05) is 6.07 Å². The van der Waals surface area contributed by atoms with Crippen molar-refractivity contribution in [2.45, 2.75) is 12.8 Å². The van der Waals surface area contributed by atoms with Gasteiger partial charge in [0.1, 0.15) is 12.0 Å². The van der Waals surface area contributed by atoms with E-state index in [1.54, 1.807) is 12.1 Å². The van der Waals surface area contributed by atoms with E-state index in [4.69, 9.17) is 0 Å². The summed E-state index contributed by atoms with van der Waals surface area (Å²) in [4.78, 5) is 13.3. The van der Waals surface area contributed by atoms with E-state index in [9.17, 15) is 9.90 Å². The zero-order valence-corrected chi connectivity index (χ0v) is 7.66. The largest absolute Gasteiger partial charge is 0.507 e. The molecule has 0 fully saturated rings. The van der Waals surface area contributed by atoms with Crippen LogP contribution in [-0.2, 0) is 11.2 Å². The SMILES string of the molecule is O=CCCc1c[nH]c2cccc(O)c12. The molecule has 1 aromatic heterocycles. The van der Waals surface area contributed by atoms with Gasteiger partial charge >= 0.3 is 0 Å². The van der Waals surface area contributed by atoms with Crippen LogP contribution in [0.25, 0.3) is 10.9 Å². The molecule has 0 spiro atoms. The highest BCUT2D eigenvalue weighted by Crippen LogP contribution is 2.27. The number of phenolic OH excluding ortho intramolecular Hbond substituents is 1. The Hall–Kier alpha value is -1.77. The van der Waals surface area contributed by atoms with E-state index < -0.39 is 0 Å². The van der Waals surface area contributed by atoms with Crippen LogP contribution < -0.4 is 0 Å². The number of benzene rings is 1. The topological polar surface area (TPSA) is 53.1 Å². The third kappa shape index (κ3) is 1.37. The van der Waals surface area contributed by atoms with Gasteiger partial charge < -0.3 is 14.9 Å². The summed E-state index contributed by atoms with van der Waals surface area (Å²) in [5.74, 6) is 0.268. The maximum atomic E-state index is 10.2. The highest BCUT2D eigenvalue weighted by Gasteiger charge is 2.06. The first-order valence-electron chi connectivity index (χ1n) is 4.54. The molecule has 0 aliphatic rings. The Morgan fingerprint density at radius 3 is 3.07 bits per heavy atom. The number of nitrogens with one attached hydrogen (secondary N) is 1. The number of fused-ring (bicyclic) bond motifs is 1. The van der Waals surface area contributed by atoms with Crippen molar-refractivity contribution in [2.24, 2.45) is 0 Å². The van der Waals surface area contributed by atoms with Gasteiger partial charge in [-0.25, -0.2) is 0 Å². The van der Waals surface area contributed by atoms with Crippen molar-refractivity contribution in [3.05, 3.63) is 30.0 Å². The Labute approximate surface area is 81.4 Å². The fourth-order valence-electron chi connectivity index (χ4n) is 1.65. The molecule has 3 heteroatoms. The second-order valence-corrected chi connectivity index (χ2v) is 3.22. The minimum Gasteiger partial charge on any atom is -0.507 e. The summed E-state index contributed by atoms with van der Waals surface area (Å²) < 4.78 is 0. The van der Waals surface area contributed by atoms with Gasteiger partial charge in [0.15, 0.2) is 0 Å². The summed E-state index contributed by atoms with van der Waals surface area (Å²) in [6.07, 6.45) is 3.88. The standard InChI is InChI=1S/C11H11NO2/c13-6-2-3-8-7-12-9-4-1-5-10(14)11(8)9/h1,4-7,12,14H,2-3H2. The van der Waals surface area contributed by atoms with E-state index in [2.05, 4.69) is 4.98 Å². The Bertz CT molecular complexity index is 459. The lowest BCUT2D eigenvalue weighted by molar-refractivity contribution is -0.107. The molecule has 0 aliphatic heterocycles. The van der Waals surface area contributed by atoms with E-state index >= 15 is 0 Å². The van der Waals surface area contributed by atoms with Crippen molar-refractivity contribution in [3.8, 4) is 5.75 Å². The van der Waals surface area contributed by atoms with Crippen LogP contribution in [0.4, 0.5) is 0 Å². The lowest BCUT2D eigenvalue weighted by Gasteiger charge is -1.97. The smallest absolute Gasteiger partial charge is 0.125 e. The lowest BCUT2D eigenvalue weighted by Crippen LogP contribution is -1.83. The van der Waals surface area contributed by atoms with Crippen molar-refractivity contribution >= 4 is 17.2 Å². The predicted octanol–water partition coefficient (Wildman–Crippen LogP) is 2.01. The fraction of sp³-hybridized carbons (Fsp3) is 0.182. The number of aromatic hydroxyl groups is 1. The maximum absolute atomic E-state index is 10.2. The number of phenols is 1. The average Bonchev–Trinajstić information content (AvgIpc) is 2.59. The summed E-state index contributed by atoms with van der Waals surface area (Å²) >= 11 is 0. The molecule has 0 saturated carbocycles. The second-order valence-electron chi connectivity index (χ2n) is 3.22. The van der Waals surface area contributed by atoms with Gasteiger partial charge in [0.25, 0.3) is 0 Å². The number of hydrogen-bond acceptors (Lipinski definition) is 2. The van der Waals surface area contributed by atoms with Crippen LogP contribution in [0, 0.1) is 0 Å². The first-order chi connectivity index (χ1) is 6.83. The highest BCUT2D eigenvalue weighted by atomic mass is 16.3. The molecule has 0 atom stereocenters. The van der Waals surface area contributed by atoms with E-state index in [-0.39, 0.29) is 5.75 Å². The number of hydrogen-bond donors (Lipinski definition) is 2. The van der Waals surface area contributed by atoms with Crippen LogP contribution in [0.1, 0.15) is 12.0 Å². The Kier molecular flexibility index (Phi) is 2.23. The van der Waals surface area contributed by atoms with Gasteiger partial charge in [-0.05, 0) is 24.1 Å². The van der Waals surface area contributed by atoms with Crippen molar-refractivity contribution in [1.29, 1.82) is 0 Å². The third-order valence-corrected chi connectivity index (χ3v) is 2.30. The van der Waals surface area contributed by atoms with Gasteiger partial charge in [-0.3, -0.25) is 0 Å². The number of aromatic amines is 1. The summed E-state index contributed by atoms with van der Waals surface area (Å²) in [7, 11) is 0. The minimum atomic E-state index is 0.268. The number of carbonyl (C=O) groups is 1. The number of aldehydes is 1. The normalized spacial score (nSPS) is 10.6. The molecular weight excluding hydrogens is 178 g/mol. The summed E-state index contributed by atoms with van der Waals surface area (Å²) in [6, 6.07) is 5.34. The summed E-state index contributed by atoms with van der Waals surface area (Å²) in [6.45, 7) is 0. The zero-order valence-electron chi connectivity index (χ0n) is 7.66. The van der Waals surface area contributed by atoms with Gasteiger partial charge in [0, 0.05) is 23.5 Å². The zero-order chi connectivity index (χ0) is 9.97. The predicted molar refractivity (Wildman–Crippen MR) is 54.3 cm³/mol. The van der Waals surface area contributed by atoms with Crippen LogP contribution in [0.3, 0.4) is 0 Å². The molecule has 0 unspecified atom stereocenters. The van der Waals surface area contributed by atoms with E-state index in [1.807, 2.05) is 12.3 Å². The van der Waals surface area contributed by atoms with Gasteiger partial charge in [0.05, 0.1) is 0 Å². The number of rotatable bonds is 3. The van der Waals surface area contributed by atoms with Gasteiger partial charge in [-0.2, -0.15) is 0 Å². The molecule has 2 rings (SSSR count). The molecule has 3 nitrogen and oxygen atoms in total. The van der Waals surface area contributed by atoms with Crippen LogP contribution in [0.2, 0.25) is 0 Å². The minimum absolute atomic E-state index is 0.268. The Balaban J connectivity index is 2.50. The summed E-state index contributed by atoms with van der Waals surface area (Å²) in [5, 5.41) is 10.5. The molecule has 0 saturated heterocycles. The molecule has 0 radical (unpaired) electrons. The number of H-pyrrole nitrogens is 1. The number of carbonyl (C=O) groups excluding carboxylic acids is 1. The van der Waals surface area contributed by atoms with Crippen LogP contribution in [0.5, 0.6) is 5.75 Å². The van der Waals surface area contributed by atoms with Crippen LogP contribution in [-0.4, -0.2) is 16.4 Å². The Morgan fingerprint density at radius 2 is 2.29 bits per heavy atom. The number of aryl methyl sites for hydroxylation is 1. The highest BCUT2D eigenvalue weighted by molar-refractivity contribution is 5.89. The molecule has 1 heterocycles. The van der Waals surface area contributed by atoms with Crippen LogP contribution >= 0.6 is 0 Å². The molecule has 0 aliphatic carbocycles. The molecular formula is C11H11NO2. The van der Waals surface area contributed by atoms with E-state index in [0.717, 1.165) is 22.8 Å². The summed E-state index contributed by atoms with van der Waals surface area (Å²) in [5.41, 5.74) is 1.90. The molecule has 2 N–H and O–H groups in total. The van der Waals surface area contributed by atoms with Crippen molar-refractivity contribution in [2.75, 3.05) is 0 Å². The van der Waals surface area contributed by atoms with Gasteiger partial charge in [-0.15, -0.1) is 0 Å². The second kappa shape index (κ2) is 3.54. The number of aromatic nitrogens is 1. The van der Waals surface area contributed by atoms with Crippen LogP contribution in [0.15, 0.2) is 24.4 Å². The molecule has 0 amide bonds. The van der Waals surface area contributed by atoms with Gasteiger partial charge in [0.2, 0.25) is 0 Å². The molecule has 72 valence electrons. The van der Waals surface area contributed by atoms with E-state index in [0.29, 0.717) is 12.8 Å². The fourth-order valence-corrected chi connectivity index (χ4v) is 1.65. The third-order valence-electron chi connectivity index (χ3n) is 2.30. The molecule has 14 heavy (non-hydrogen) atoms. The van der Waals surface area contributed by atoms with E-state index in [1.165, 1.54) is 0 Å². The van der Waals surface area contributed by atoms with Crippen molar-refractivity contribution < 1.29 is 9.90 Å². The van der Waals surface area contributed by atoms with Crippen molar-refractivity contribution in [1.82, 2.24) is 4.98 Å². The first kappa shape index (κ1) is 8.81. The lowest BCUT2D eigenvalue weighted by atomic mass is 10.1. The molecule has 2 aromatic rings. The Morgan fingerprint density at radius 1 is 1.43 bits per heavy atom. The average molecular weight is 189 g/mol. The maximum Gasteiger partial charge on any atom is 0.125 e. The monoisotopic (exact) mass is 189 g/mol. The molecule has 1 aromatic carbocycles. The van der Waals surface area contributed by atoms with Crippen molar-refractivity contribution in [3.63, 3.8) is 0 Å².